The number of anilines is 1. The Morgan fingerprint density at radius 2 is 2.12 bits per heavy atom. The number of nitrogens with one attached hydrogen (secondary N) is 2. The predicted octanol–water partition coefficient (Wildman–Crippen LogP) is 4.31. The Morgan fingerprint density at radius 1 is 1.20 bits per heavy atom. The lowest BCUT2D eigenvalue weighted by molar-refractivity contribution is 0.617. The number of hydrogen-bond acceptors (Lipinski definition) is 5. The summed E-state index contributed by atoms with van der Waals surface area (Å²) in [5.41, 5.74) is 2.14. The predicted molar refractivity (Wildman–Crippen MR) is 97.9 cm³/mol. The second-order valence-electron chi connectivity index (χ2n) is 5.32. The fourth-order valence-corrected chi connectivity index (χ4v) is 2.62. The SMILES string of the molecule is Fc1cnc(-c2c[nH]c3ncc(Cl)cc23)nc1NCc1ccccn1.[HH].[HH]. The number of pyridine rings is 2. The van der Waals surface area contributed by atoms with Gasteiger partial charge < -0.3 is 10.3 Å². The fourth-order valence-electron chi connectivity index (χ4n) is 2.46. The number of aromatic amines is 1. The van der Waals surface area contributed by atoms with Gasteiger partial charge in [0.05, 0.1) is 23.5 Å². The first kappa shape index (κ1) is 15.5. The van der Waals surface area contributed by atoms with Crippen LogP contribution in [0.25, 0.3) is 22.4 Å². The maximum atomic E-state index is 14.0. The summed E-state index contributed by atoms with van der Waals surface area (Å²) < 4.78 is 14.0. The Bertz CT molecular complexity index is 1040. The van der Waals surface area contributed by atoms with Crippen LogP contribution in [-0.4, -0.2) is 24.9 Å². The maximum Gasteiger partial charge on any atom is 0.183 e. The van der Waals surface area contributed by atoms with Crippen LogP contribution < -0.4 is 5.32 Å². The first-order chi connectivity index (χ1) is 12.2. The number of H-pyrrole nitrogens is 1. The van der Waals surface area contributed by atoms with Crippen LogP contribution in [0.5, 0.6) is 0 Å². The Kier molecular flexibility index (Phi) is 3.99. The van der Waals surface area contributed by atoms with E-state index in [0.29, 0.717) is 28.6 Å². The average Bonchev–Trinajstić information content (AvgIpc) is 3.05. The van der Waals surface area contributed by atoms with Gasteiger partial charge in [-0.2, -0.15) is 0 Å². The third-order valence-electron chi connectivity index (χ3n) is 3.65. The smallest absolute Gasteiger partial charge is 0.183 e. The zero-order chi connectivity index (χ0) is 17.2. The van der Waals surface area contributed by atoms with Gasteiger partial charge in [-0.15, -0.1) is 0 Å². The van der Waals surface area contributed by atoms with Gasteiger partial charge in [0, 0.05) is 32.4 Å². The molecule has 4 heterocycles. The highest BCUT2D eigenvalue weighted by Crippen LogP contribution is 2.28. The summed E-state index contributed by atoms with van der Waals surface area (Å²) in [7, 11) is 0. The van der Waals surface area contributed by atoms with E-state index in [1.807, 2.05) is 18.2 Å². The summed E-state index contributed by atoms with van der Waals surface area (Å²) in [6, 6.07) is 7.31. The molecule has 4 aromatic rings. The van der Waals surface area contributed by atoms with Gasteiger partial charge in [-0.25, -0.2) is 19.3 Å². The summed E-state index contributed by atoms with van der Waals surface area (Å²) in [4.78, 5) is 19.8. The Labute approximate surface area is 150 Å². The highest BCUT2D eigenvalue weighted by atomic mass is 35.5. The van der Waals surface area contributed by atoms with Crippen molar-refractivity contribution in [3.8, 4) is 11.4 Å². The summed E-state index contributed by atoms with van der Waals surface area (Å²) in [6.07, 6.45) is 6.10. The van der Waals surface area contributed by atoms with E-state index in [4.69, 9.17) is 11.6 Å². The second-order valence-corrected chi connectivity index (χ2v) is 5.75. The van der Waals surface area contributed by atoms with Crippen LogP contribution in [-0.2, 0) is 6.54 Å². The van der Waals surface area contributed by atoms with Gasteiger partial charge in [-0.05, 0) is 18.2 Å². The third kappa shape index (κ3) is 3.14. The van der Waals surface area contributed by atoms with Gasteiger partial charge in [0.1, 0.15) is 5.65 Å². The molecule has 0 aliphatic heterocycles. The number of aromatic nitrogens is 5. The highest BCUT2D eigenvalue weighted by molar-refractivity contribution is 6.31. The first-order valence-corrected chi connectivity index (χ1v) is 7.88. The van der Waals surface area contributed by atoms with Gasteiger partial charge in [0.2, 0.25) is 0 Å². The molecule has 0 atom stereocenters. The minimum Gasteiger partial charge on any atom is -0.362 e. The largest absolute Gasteiger partial charge is 0.362 e. The average molecular weight is 359 g/mol. The van der Waals surface area contributed by atoms with Crippen molar-refractivity contribution in [2.45, 2.75) is 6.54 Å². The molecule has 0 saturated heterocycles. The van der Waals surface area contributed by atoms with Crippen molar-refractivity contribution in [2.75, 3.05) is 5.32 Å². The van der Waals surface area contributed by atoms with Crippen LogP contribution in [0, 0.1) is 5.82 Å². The maximum absolute atomic E-state index is 14.0. The number of nitrogens with zero attached hydrogens (tertiary/aromatic N) is 4. The van der Waals surface area contributed by atoms with Crippen molar-refractivity contribution in [3.05, 3.63) is 65.6 Å². The fraction of sp³-hybridized carbons (Fsp3) is 0.0588. The lowest BCUT2D eigenvalue weighted by Crippen LogP contribution is -2.06. The lowest BCUT2D eigenvalue weighted by Gasteiger charge is -2.07. The van der Waals surface area contributed by atoms with Gasteiger partial charge >= 0.3 is 0 Å². The van der Waals surface area contributed by atoms with E-state index in [1.54, 1.807) is 24.7 Å². The van der Waals surface area contributed by atoms with Gasteiger partial charge in [0.25, 0.3) is 0 Å². The van der Waals surface area contributed by atoms with Crippen molar-refractivity contribution in [1.82, 2.24) is 24.9 Å². The van der Waals surface area contributed by atoms with E-state index < -0.39 is 5.82 Å². The molecular formula is C17H16ClFN6. The molecule has 0 spiro atoms. The van der Waals surface area contributed by atoms with Crippen molar-refractivity contribution in [1.29, 1.82) is 0 Å². The molecule has 0 radical (unpaired) electrons. The van der Waals surface area contributed by atoms with Crippen LogP contribution in [0.3, 0.4) is 0 Å². The number of halogens is 2. The molecule has 0 aliphatic rings. The lowest BCUT2D eigenvalue weighted by atomic mass is 10.2. The second kappa shape index (κ2) is 6.45. The van der Waals surface area contributed by atoms with Crippen LogP contribution in [0.15, 0.2) is 49.1 Å². The van der Waals surface area contributed by atoms with Crippen molar-refractivity contribution in [3.63, 3.8) is 0 Å². The van der Waals surface area contributed by atoms with E-state index in [-0.39, 0.29) is 8.67 Å². The van der Waals surface area contributed by atoms with E-state index >= 15 is 0 Å². The standard InChI is InChI=1S/C17H12ClFN6.2H2/c18-10-5-12-13(8-23-15(12)21-6-10)16-24-9-14(19)17(25-16)22-7-11-3-1-2-4-20-11;;/h1-6,8-9H,7H2,(H,21,23)(H,22,24,25);2*1H. The molecule has 0 saturated carbocycles. The molecular weight excluding hydrogens is 343 g/mol. The van der Waals surface area contributed by atoms with Gasteiger partial charge in [0.15, 0.2) is 17.5 Å². The molecule has 0 amide bonds. The normalized spacial score (nSPS) is 11.0. The molecule has 0 aromatic carbocycles. The van der Waals surface area contributed by atoms with Crippen molar-refractivity contribution in [2.24, 2.45) is 0 Å². The molecule has 4 rings (SSSR count). The Balaban J connectivity index is 0.00000131. The van der Waals surface area contributed by atoms with Crippen LogP contribution in [0.2, 0.25) is 5.02 Å². The molecule has 2 N–H and O–H groups in total. The van der Waals surface area contributed by atoms with E-state index in [0.717, 1.165) is 17.3 Å². The summed E-state index contributed by atoms with van der Waals surface area (Å²) in [5, 5.41) is 4.23. The molecule has 128 valence electrons. The zero-order valence-corrected chi connectivity index (χ0v) is 13.6. The van der Waals surface area contributed by atoms with E-state index in [9.17, 15) is 4.39 Å². The van der Waals surface area contributed by atoms with Crippen LogP contribution in [0.1, 0.15) is 8.55 Å². The molecule has 25 heavy (non-hydrogen) atoms. The molecule has 0 fully saturated rings. The molecule has 0 bridgehead atoms. The van der Waals surface area contributed by atoms with Crippen molar-refractivity contribution < 1.29 is 7.24 Å². The number of rotatable bonds is 4. The first-order valence-electron chi connectivity index (χ1n) is 7.50. The Morgan fingerprint density at radius 3 is 2.96 bits per heavy atom. The quantitative estimate of drug-likeness (QED) is 0.568. The molecule has 0 unspecified atom stereocenters. The minimum absolute atomic E-state index is 0. The van der Waals surface area contributed by atoms with Crippen molar-refractivity contribution >= 4 is 28.5 Å². The van der Waals surface area contributed by atoms with E-state index in [1.165, 1.54) is 0 Å². The molecule has 8 heteroatoms. The van der Waals surface area contributed by atoms with Gasteiger partial charge in [-0.1, -0.05) is 17.7 Å². The van der Waals surface area contributed by atoms with Crippen LogP contribution >= 0.6 is 11.6 Å². The Hall–Kier alpha value is -3.06. The topological polar surface area (TPSA) is 79.4 Å². The van der Waals surface area contributed by atoms with Crippen LogP contribution in [0.4, 0.5) is 10.2 Å². The molecule has 0 aliphatic carbocycles. The summed E-state index contributed by atoms with van der Waals surface area (Å²) >= 11 is 6.01. The molecule has 6 nitrogen and oxygen atoms in total. The number of hydrogen-bond donors (Lipinski definition) is 2. The van der Waals surface area contributed by atoms with E-state index in [2.05, 4.69) is 30.2 Å². The number of fused-ring (bicyclic) bond motifs is 1. The third-order valence-corrected chi connectivity index (χ3v) is 3.85. The highest BCUT2D eigenvalue weighted by Gasteiger charge is 2.13. The van der Waals surface area contributed by atoms with Gasteiger partial charge in [-0.3, -0.25) is 4.98 Å². The summed E-state index contributed by atoms with van der Waals surface area (Å²) in [5.74, 6) is -0.0455. The zero-order valence-electron chi connectivity index (χ0n) is 12.9. The minimum atomic E-state index is -0.532. The molecule has 4 aromatic heterocycles. The monoisotopic (exact) mass is 358 g/mol. The summed E-state index contributed by atoms with van der Waals surface area (Å²) in [6.45, 7) is 0.357.